The van der Waals surface area contributed by atoms with E-state index in [1.807, 2.05) is 68.4 Å². The largest absolute Gasteiger partial charge is 0.494 e. The van der Waals surface area contributed by atoms with Gasteiger partial charge in [-0.05, 0) is 73.5 Å². The van der Waals surface area contributed by atoms with E-state index in [0.717, 1.165) is 25.5 Å². The van der Waals surface area contributed by atoms with Crippen molar-refractivity contribution in [2.24, 2.45) is 0 Å². The number of benzene rings is 4. The lowest BCUT2D eigenvalue weighted by Gasteiger charge is -2.33. The fourth-order valence-corrected chi connectivity index (χ4v) is 6.43. The van der Waals surface area contributed by atoms with Gasteiger partial charge in [0, 0.05) is 24.5 Å². The Hall–Kier alpha value is -4.15. The number of hydrogen-bond acceptors (Lipinski definition) is 5. The molecule has 230 valence electrons. The van der Waals surface area contributed by atoms with Crippen molar-refractivity contribution >= 4 is 43.5 Å². The van der Waals surface area contributed by atoms with Crippen LogP contribution in [0.25, 0.3) is 0 Å². The van der Waals surface area contributed by atoms with Crippen molar-refractivity contribution in [3.63, 3.8) is 0 Å². The molecule has 0 heterocycles. The summed E-state index contributed by atoms with van der Waals surface area (Å²) in [4.78, 5) is 29.2. The van der Waals surface area contributed by atoms with Crippen LogP contribution in [0, 0.1) is 6.92 Å². The lowest BCUT2D eigenvalue weighted by atomic mass is 10.0. The summed E-state index contributed by atoms with van der Waals surface area (Å²) in [5, 5.41) is 2.69. The first-order valence-corrected chi connectivity index (χ1v) is 16.5. The van der Waals surface area contributed by atoms with Crippen molar-refractivity contribution in [2.75, 3.05) is 24.5 Å². The van der Waals surface area contributed by atoms with Gasteiger partial charge in [-0.15, -0.1) is 0 Å². The van der Waals surface area contributed by atoms with Crippen LogP contribution in [0.4, 0.5) is 5.69 Å². The molecule has 0 aliphatic heterocycles. The summed E-state index contributed by atoms with van der Waals surface area (Å²) in [6, 6.07) is 29.0. The normalized spacial score (nSPS) is 11.8. The maximum absolute atomic E-state index is 14.4. The average Bonchev–Trinajstić information content (AvgIpc) is 3.03. The molecular formula is C34H36BrN3O5S. The molecule has 0 saturated carbocycles. The molecule has 0 fully saturated rings. The minimum atomic E-state index is -4.18. The minimum absolute atomic E-state index is 0.0522. The third-order valence-corrected chi connectivity index (χ3v) is 9.42. The van der Waals surface area contributed by atoms with Gasteiger partial charge in [0.2, 0.25) is 11.8 Å². The zero-order valence-electron chi connectivity index (χ0n) is 24.9. The molecule has 2 amide bonds. The number of carbonyl (C=O) groups is 2. The van der Waals surface area contributed by atoms with Gasteiger partial charge in [0.25, 0.3) is 10.0 Å². The summed E-state index contributed by atoms with van der Waals surface area (Å²) < 4.78 is 35.7. The smallest absolute Gasteiger partial charge is 0.264 e. The van der Waals surface area contributed by atoms with Gasteiger partial charge in [0.15, 0.2) is 0 Å². The highest BCUT2D eigenvalue weighted by atomic mass is 79.9. The van der Waals surface area contributed by atoms with Crippen molar-refractivity contribution in [1.82, 2.24) is 10.2 Å². The highest BCUT2D eigenvalue weighted by Crippen LogP contribution is 2.27. The maximum Gasteiger partial charge on any atom is 0.264 e. The fourth-order valence-electron chi connectivity index (χ4n) is 4.75. The molecule has 4 aromatic rings. The number of carbonyl (C=O) groups excluding carboxylic acids is 2. The van der Waals surface area contributed by atoms with Crippen LogP contribution in [0.2, 0.25) is 0 Å². The van der Waals surface area contributed by atoms with Crippen LogP contribution in [0.15, 0.2) is 112 Å². The summed E-state index contributed by atoms with van der Waals surface area (Å²) >= 11 is 3.44. The van der Waals surface area contributed by atoms with Crippen LogP contribution in [0.5, 0.6) is 5.75 Å². The summed E-state index contributed by atoms with van der Waals surface area (Å²) in [5.41, 5.74) is 2.86. The third kappa shape index (κ3) is 8.27. The fraction of sp³-hybridized carbons (Fsp3) is 0.235. The second kappa shape index (κ2) is 15.0. The Morgan fingerprint density at radius 1 is 0.864 bits per heavy atom. The van der Waals surface area contributed by atoms with Crippen LogP contribution in [0.3, 0.4) is 0 Å². The standard InChI is InChI=1S/C34H36BrN3O5S/c1-4-43-30-18-16-29(17-19-30)38(44(41,42)31-20-10-25(2)11-21-31)24-33(39)37(23-27-12-14-28(35)15-13-27)32(34(40)36-3)22-26-8-6-5-7-9-26/h5-21,32H,4,22-24H2,1-3H3,(H,36,40)/t32-/m0/s1. The Labute approximate surface area is 267 Å². The van der Waals surface area contributed by atoms with Crippen molar-refractivity contribution < 1.29 is 22.7 Å². The van der Waals surface area contributed by atoms with E-state index in [-0.39, 0.29) is 23.8 Å². The van der Waals surface area contributed by atoms with Crippen LogP contribution < -0.4 is 14.4 Å². The maximum atomic E-state index is 14.4. The minimum Gasteiger partial charge on any atom is -0.494 e. The number of halogens is 1. The molecule has 0 radical (unpaired) electrons. The van der Waals surface area contributed by atoms with Crippen LogP contribution in [-0.4, -0.2) is 51.4 Å². The van der Waals surface area contributed by atoms with Gasteiger partial charge in [-0.3, -0.25) is 13.9 Å². The van der Waals surface area contributed by atoms with Gasteiger partial charge in [-0.25, -0.2) is 8.42 Å². The molecule has 44 heavy (non-hydrogen) atoms. The monoisotopic (exact) mass is 677 g/mol. The van der Waals surface area contributed by atoms with Crippen molar-refractivity contribution in [2.45, 2.75) is 37.8 Å². The predicted molar refractivity (Wildman–Crippen MR) is 176 cm³/mol. The number of nitrogens with zero attached hydrogens (tertiary/aromatic N) is 2. The van der Waals surface area contributed by atoms with Crippen molar-refractivity contribution in [1.29, 1.82) is 0 Å². The first-order valence-electron chi connectivity index (χ1n) is 14.2. The molecule has 0 unspecified atom stereocenters. The Kier molecular flexibility index (Phi) is 11.2. The molecule has 1 N–H and O–H groups in total. The molecule has 10 heteroatoms. The third-order valence-electron chi connectivity index (χ3n) is 7.11. The van der Waals surface area contributed by atoms with E-state index < -0.39 is 28.5 Å². The van der Waals surface area contributed by atoms with Crippen molar-refractivity contribution in [3.05, 3.63) is 124 Å². The molecule has 4 aromatic carbocycles. The molecule has 0 saturated heterocycles. The number of rotatable bonds is 13. The molecule has 8 nitrogen and oxygen atoms in total. The topological polar surface area (TPSA) is 96.0 Å². The van der Waals surface area contributed by atoms with E-state index in [9.17, 15) is 18.0 Å². The van der Waals surface area contributed by atoms with Crippen molar-refractivity contribution in [3.8, 4) is 5.75 Å². The highest BCUT2D eigenvalue weighted by molar-refractivity contribution is 9.10. The molecule has 0 aliphatic carbocycles. The van der Waals surface area contributed by atoms with Crippen LogP contribution in [0.1, 0.15) is 23.6 Å². The second-order valence-corrected chi connectivity index (χ2v) is 13.0. The lowest BCUT2D eigenvalue weighted by Crippen LogP contribution is -2.53. The van der Waals surface area contributed by atoms with E-state index in [1.54, 1.807) is 36.4 Å². The molecule has 0 spiro atoms. The van der Waals surface area contributed by atoms with Gasteiger partial charge in [0.1, 0.15) is 18.3 Å². The van der Waals surface area contributed by atoms with E-state index in [1.165, 1.54) is 24.1 Å². The summed E-state index contributed by atoms with van der Waals surface area (Å²) in [6.45, 7) is 3.76. The van der Waals surface area contributed by atoms with E-state index in [0.29, 0.717) is 18.0 Å². The number of nitrogens with one attached hydrogen (secondary N) is 1. The predicted octanol–water partition coefficient (Wildman–Crippen LogP) is 5.74. The number of sulfonamides is 1. The number of likely N-dealkylation sites (N-methyl/N-ethyl adjacent to an activating group) is 1. The number of ether oxygens (including phenoxy) is 1. The quantitative estimate of drug-likeness (QED) is 0.195. The highest BCUT2D eigenvalue weighted by Gasteiger charge is 2.34. The van der Waals surface area contributed by atoms with Gasteiger partial charge in [-0.2, -0.15) is 0 Å². The Morgan fingerprint density at radius 2 is 1.50 bits per heavy atom. The molecular weight excluding hydrogens is 642 g/mol. The molecule has 4 rings (SSSR count). The molecule has 0 aliphatic rings. The summed E-state index contributed by atoms with van der Waals surface area (Å²) in [7, 11) is -2.65. The average molecular weight is 679 g/mol. The number of aryl methyl sites for hydroxylation is 1. The number of hydrogen-bond donors (Lipinski definition) is 1. The molecule has 0 aromatic heterocycles. The number of amides is 2. The zero-order valence-corrected chi connectivity index (χ0v) is 27.3. The van der Waals surface area contributed by atoms with E-state index >= 15 is 0 Å². The summed E-state index contributed by atoms with van der Waals surface area (Å²) in [5.74, 6) is -0.301. The SMILES string of the molecule is CCOc1ccc(N(CC(=O)N(Cc2ccc(Br)cc2)[C@@H](Cc2ccccc2)C(=O)NC)S(=O)(=O)c2ccc(C)cc2)cc1. The van der Waals surface area contributed by atoms with Gasteiger partial charge in [-0.1, -0.05) is 76.1 Å². The zero-order chi connectivity index (χ0) is 31.7. The first-order chi connectivity index (χ1) is 21.1. The van der Waals surface area contributed by atoms with Gasteiger partial charge >= 0.3 is 0 Å². The number of anilines is 1. The Morgan fingerprint density at radius 3 is 2.09 bits per heavy atom. The lowest BCUT2D eigenvalue weighted by molar-refractivity contribution is -0.139. The summed E-state index contributed by atoms with van der Waals surface area (Å²) in [6.07, 6.45) is 0.247. The molecule has 0 bridgehead atoms. The Balaban J connectivity index is 1.78. The van der Waals surface area contributed by atoms with Gasteiger partial charge in [0.05, 0.1) is 17.2 Å². The Bertz CT molecular complexity index is 1650. The molecule has 1 atom stereocenters. The van der Waals surface area contributed by atoms with E-state index in [4.69, 9.17) is 4.74 Å². The first kappa shape index (κ1) is 32.8. The van der Waals surface area contributed by atoms with E-state index in [2.05, 4.69) is 21.2 Å². The second-order valence-electron chi connectivity index (χ2n) is 10.2. The van der Waals surface area contributed by atoms with Gasteiger partial charge < -0.3 is 15.0 Å². The van der Waals surface area contributed by atoms with Crippen LogP contribution in [-0.2, 0) is 32.6 Å². The van der Waals surface area contributed by atoms with Crippen LogP contribution >= 0.6 is 15.9 Å².